The average Bonchev–Trinajstić information content (AvgIpc) is 2.66. The fourth-order valence-electron chi connectivity index (χ4n) is 3.50. The summed E-state index contributed by atoms with van der Waals surface area (Å²) in [6, 6.07) is 18.6. The van der Waals surface area contributed by atoms with Gasteiger partial charge < -0.3 is 9.64 Å². The highest BCUT2D eigenvalue weighted by atomic mass is 35.5. The van der Waals surface area contributed by atoms with E-state index in [1.54, 1.807) is 4.90 Å². The van der Waals surface area contributed by atoms with Gasteiger partial charge in [-0.05, 0) is 24.1 Å². The molecule has 0 atom stereocenters. The highest BCUT2D eigenvalue weighted by Gasteiger charge is 2.26. The molecule has 5 heteroatoms. The van der Waals surface area contributed by atoms with E-state index in [0.29, 0.717) is 19.7 Å². The third kappa shape index (κ3) is 3.25. The number of hydrogen-bond acceptors (Lipinski definition) is 3. The quantitative estimate of drug-likeness (QED) is 0.650. The van der Waals surface area contributed by atoms with Crippen molar-refractivity contribution in [3.63, 3.8) is 0 Å². The van der Waals surface area contributed by atoms with E-state index in [-0.39, 0.29) is 18.5 Å². The highest BCUT2D eigenvalue weighted by Crippen LogP contribution is 2.35. The van der Waals surface area contributed by atoms with Crippen LogP contribution >= 0.6 is 12.4 Å². The molecule has 134 valence electrons. The molecule has 4 nitrogen and oxygen atoms in total. The molecule has 2 aromatic carbocycles. The number of carbonyl (C=O) groups is 1. The second kappa shape index (κ2) is 7.75. The van der Waals surface area contributed by atoms with E-state index in [1.807, 2.05) is 37.3 Å². The van der Waals surface area contributed by atoms with E-state index in [9.17, 15) is 4.79 Å². The first-order valence-corrected chi connectivity index (χ1v) is 8.65. The van der Waals surface area contributed by atoms with Gasteiger partial charge in [0.15, 0.2) is 0 Å². The number of rotatable bonds is 2. The number of amides is 1. The largest absolute Gasteiger partial charge is 0.450 e. The summed E-state index contributed by atoms with van der Waals surface area (Å²) >= 11 is 0. The van der Waals surface area contributed by atoms with Gasteiger partial charge in [-0.2, -0.15) is 0 Å². The van der Waals surface area contributed by atoms with Crippen LogP contribution in [0.3, 0.4) is 0 Å². The summed E-state index contributed by atoms with van der Waals surface area (Å²) < 4.78 is 5.20. The monoisotopic (exact) mass is 368 g/mol. The van der Waals surface area contributed by atoms with E-state index >= 15 is 0 Å². The average molecular weight is 369 g/mol. The number of carbonyl (C=O) groups excluding carboxylic acids is 1. The van der Waals surface area contributed by atoms with Gasteiger partial charge in [0.25, 0.3) is 0 Å². The maximum absolute atomic E-state index is 12.2. The van der Waals surface area contributed by atoms with Gasteiger partial charge in [0.05, 0.1) is 18.7 Å². The number of ether oxygens (including phenoxy) is 1. The normalized spacial score (nSPS) is 13.0. The van der Waals surface area contributed by atoms with Crippen molar-refractivity contribution in [1.29, 1.82) is 0 Å². The maximum Gasteiger partial charge on any atom is 0.410 e. The highest BCUT2D eigenvalue weighted by molar-refractivity contribution is 5.96. The zero-order valence-electron chi connectivity index (χ0n) is 14.6. The second-order valence-electron chi connectivity index (χ2n) is 6.17. The van der Waals surface area contributed by atoms with Crippen molar-refractivity contribution in [2.45, 2.75) is 19.9 Å². The van der Waals surface area contributed by atoms with Gasteiger partial charge in [0.1, 0.15) is 0 Å². The number of nitrogens with zero attached hydrogens (tertiary/aromatic N) is 2. The van der Waals surface area contributed by atoms with E-state index in [2.05, 4.69) is 24.3 Å². The predicted octanol–water partition coefficient (Wildman–Crippen LogP) is 4.84. The molecule has 0 aliphatic carbocycles. The van der Waals surface area contributed by atoms with Crippen molar-refractivity contribution >= 4 is 29.4 Å². The molecule has 1 aliphatic heterocycles. The topological polar surface area (TPSA) is 42.4 Å². The summed E-state index contributed by atoms with van der Waals surface area (Å²) in [5.41, 5.74) is 5.55. The Morgan fingerprint density at radius 3 is 2.62 bits per heavy atom. The van der Waals surface area contributed by atoms with Crippen molar-refractivity contribution in [1.82, 2.24) is 9.88 Å². The number of aromatic nitrogens is 1. The Hall–Kier alpha value is -2.59. The fourth-order valence-corrected chi connectivity index (χ4v) is 3.50. The molecule has 3 aromatic rings. The molecular formula is C21H21ClN2O2. The van der Waals surface area contributed by atoms with Crippen LogP contribution in [0.5, 0.6) is 0 Å². The van der Waals surface area contributed by atoms with E-state index < -0.39 is 0 Å². The van der Waals surface area contributed by atoms with Crippen molar-refractivity contribution in [2.24, 2.45) is 0 Å². The van der Waals surface area contributed by atoms with Crippen LogP contribution in [0.15, 0.2) is 54.6 Å². The lowest BCUT2D eigenvalue weighted by Gasteiger charge is -2.29. The van der Waals surface area contributed by atoms with Gasteiger partial charge in [-0.1, -0.05) is 48.5 Å². The maximum atomic E-state index is 12.2. The fraction of sp³-hybridized carbons (Fsp3) is 0.238. The zero-order chi connectivity index (χ0) is 17.2. The Kier molecular flexibility index (Phi) is 5.43. The minimum atomic E-state index is -0.250. The summed E-state index contributed by atoms with van der Waals surface area (Å²) in [5, 5.41) is 1.12. The summed E-state index contributed by atoms with van der Waals surface area (Å²) in [6.45, 7) is 3.41. The Bertz CT molecular complexity index is 928. The molecule has 1 aromatic heterocycles. The number of hydrogen-bond donors (Lipinski definition) is 0. The summed E-state index contributed by atoms with van der Waals surface area (Å²) in [6.07, 6.45) is 0.499. The molecule has 0 unspecified atom stereocenters. The Morgan fingerprint density at radius 1 is 1.12 bits per heavy atom. The predicted molar refractivity (Wildman–Crippen MR) is 106 cm³/mol. The summed E-state index contributed by atoms with van der Waals surface area (Å²) in [5.74, 6) is 0. The Labute approximate surface area is 159 Å². The Morgan fingerprint density at radius 2 is 1.85 bits per heavy atom. The SMILES string of the molecule is CCOC(=O)N1CCc2nc3ccccc3c(-c3ccccc3)c2C1.Cl. The van der Waals surface area contributed by atoms with Gasteiger partial charge in [0, 0.05) is 29.6 Å². The summed E-state index contributed by atoms with van der Waals surface area (Å²) in [7, 11) is 0. The smallest absolute Gasteiger partial charge is 0.410 e. The minimum absolute atomic E-state index is 0. The number of benzene rings is 2. The molecule has 0 saturated heterocycles. The second-order valence-corrected chi connectivity index (χ2v) is 6.17. The molecule has 4 rings (SSSR count). The molecule has 0 bridgehead atoms. The lowest BCUT2D eigenvalue weighted by molar-refractivity contribution is 0.102. The van der Waals surface area contributed by atoms with E-state index in [0.717, 1.165) is 34.1 Å². The van der Waals surface area contributed by atoms with Gasteiger partial charge in [0.2, 0.25) is 0 Å². The van der Waals surface area contributed by atoms with Gasteiger partial charge in [-0.15, -0.1) is 12.4 Å². The lowest BCUT2D eigenvalue weighted by Crippen LogP contribution is -2.37. The minimum Gasteiger partial charge on any atom is -0.450 e. The van der Waals surface area contributed by atoms with E-state index in [1.165, 1.54) is 5.56 Å². The first-order chi connectivity index (χ1) is 12.3. The van der Waals surface area contributed by atoms with Gasteiger partial charge in [-0.25, -0.2) is 4.79 Å². The molecule has 0 fully saturated rings. The lowest BCUT2D eigenvalue weighted by atomic mass is 9.91. The van der Waals surface area contributed by atoms with Crippen LogP contribution in [0.1, 0.15) is 18.2 Å². The van der Waals surface area contributed by atoms with Crippen LogP contribution in [-0.4, -0.2) is 29.1 Å². The molecule has 1 amide bonds. The summed E-state index contributed by atoms with van der Waals surface area (Å²) in [4.78, 5) is 18.8. The molecule has 0 radical (unpaired) electrons. The molecule has 2 heterocycles. The van der Waals surface area contributed by atoms with Crippen molar-refractivity contribution in [2.75, 3.05) is 13.2 Å². The van der Waals surface area contributed by atoms with Crippen LogP contribution in [0.25, 0.3) is 22.0 Å². The molecule has 0 N–H and O–H groups in total. The first kappa shape index (κ1) is 18.2. The van der Waals surface area contributed by atoms with Crippen LogP contribution in [0.4, 0.5) is 4.79 Å². The standard InChI is InChI=1S/C21H20N2O2.ClH/c1-2-25-21(24)23-13-12-19-17(14-23)20(15-8-4-3-5-9-15)16-10-6-7-11-18(16)22-19;/h3-11H,2,12-14H2,1H3;1H. The van der Waals surface area contributed by atoms with Crippen LogP contribution < -0.4 is 0 Å². The molecule has 0 spiro atoms. The Balaban J connectivity index is 0.00000196. The number of para-hydroxylation sites is 1. The third-order valence-corrected chi connectivity index (χ3v) is 4.63. The zero-order valence-corrected chi connectivity index (χ0v) is 15.5. The van der Waals surface area contributed by atoms with E-state index in [4.69, 9.17) is 9.72 Å². The van der Waals surface area contributed by atoms with Crippen molar-refractivity contribution < 1.29 is 9.53 Å². The molecular weight excluding hydrogens is 348 g/mol. The molecule has 0 saturated carbocycles. The number of fused-ring (bicyclic) bond motifs is 2. The van der Waals surface area contributed by atoms with Gasteiger partial charge in [-0.3, -0.25) is 4.98 Å². The third-order valence-electron chi connectivity index (χ3n) is 4.63. The van der Waals surface area contributed by atoms with Gasteiger partial charge >= 0.3 is 6.09 Å². The molecule has 1 aliphatic rings. The van der Waals surface area contributed by atoms with Crippen LogP contribution in [0.2, 0.25) is 0 Å². The number of pyridine rings is 1. The first-order valence-electron chi connectivity index (χ1n) is 8.65. The molecule has 26 heavy (non-hydrogen) atoms. The van der Waals surface area contributed by atoms with Crippen LogP contribution in [-0.2, 0) is 17.7 Å². The number of halogens is 1. The van der Waals surface area contributed by atoms with Crippen LogP contribution in [0, 0.1) is 0 Å². The van der Waals surface area contributed by atoms with Crippen molar-refractivity contribution in [3.05, 3.63) is 65.9 Å². The van der Waals surface area contributed by atoms with Crippen molar-refractivity contribution in [3.8, 4) is 11.1 Å².